The van der Waals surface area contributed by atoms with Crippen LogP contribution in [0.2, 0.25) is 0 Å². The molecule has 0 aromatic carbocycles. The molecule has 0 aliphatic rings. The number of halogens is 1. The zero-order chi connectivity index (χ0) is 12.7. The van der Waals surface area contributed by atoms with Gasteiger partial charge in [-0.25, -0.2) is 9.97 Å². The van der Waals surface area contributed by atoms with Gasteiger partial charge in [0.1, 0.15) is 16.7 Å². The molecule has 1 heterocycles. The Balaban J connectivity index is 2.35. The van der Waals surface area contributed by atoms with Crippen LogP contribution in [-0.4, -0.2) is 40.4 Å². The first kappa shape index (κ1) is 13.9. The Bertz CT molecular complexity index is 368. The number of rotatable bonds is 6. The molecule has 0 saturated carbocycles. The van der Waals surface area contributed by atoms with Crippen LogP contribution in [0.5, 0.6) is 0 Å². The van der Waals surface area contributed by atoms with Crippen LogP contribution in [0, 0.1) is 0 Å². The van der Waals surface area contributed by atoms with Crippen LogP contribution in [0.3, 0.4) is 0 Å². The van der Waals surface area contributed by atoms with Gasteiger partial charge >= 0.3 is 0 Å². The molecule has 17 heavy (non-hydrogen) atoms. The molecule has 0 spiro atoms. The monoisotopic (exact) mass is 300 g/mol. The van der Waals surface area contributed by atoms with Crippen molar-refractivity contribution in [3.05, 3.63) is 17.0 Å². The van der Waals surface area contributed by atoms with E-state index in [0.717, 1.165) is 23.5 Å². The van der Waals surface area contributed by atoms with Gasteiger partial charge in [0.15, 0.2) is 0 Å². The molecule has 0 atom stereocenters. The molecule has 94 valence electrons. The Kier molecular flexibility index (Phi) is 5.90. The number of anilines is 1. The summed E-state index contributed by atoms with van der Waals surface area (Å²) >= 11 is 3.26. The first-order valence-corrected chi connectivity index (χ1v) is 6.45. The summed E-state index contributed by atoms with van der Waals surface area (Å²) in [6.07, 6.45) is 1.95. The van der Waals surface area contributed by atoms with Gasteiger partial charge in [0.2, 0.25) is 5.91 Å². The van der Waals surface area contributed by atoms with Crippen molar-refractivity contribution in [2.24, 2.45) is 0 Å². The first-order valence-electron chi connectivity index (χ1n) is 5.66. The van der Waals surface area contributed by atoms with Crippen molar-refractivity contribution in [2.45, 2.75) is 20.3 Å². The number of amides is 1. The Labute approximate surface area is 110 Å². The molecule has 5 nitrogen and oxygen atoms in total. The van der Waals surface area contributed by atoms with Crippen LogP contribution in [0.25, 0.3) is 0 Å². The summed E-state index contributed by atoms with van der Waals surface area (Å²) < 4.78 is 0.727. The lowest BCUT2D eigenvalue weighted by Gasteiger charge is -2.18. The van der Waals surface area contributed by atoms with Crippen LogP contribution in [0.4, 0.5) is 5.82 Å². The lowest BCUT2D eigenvalue weighted by molar-refractivity contribution is -0.130. The Morgan fingerprint density at radius 3 is 2.71 bits per heavy atom. The Hall–Kier alpha value is -1.17. The number of carbonyl (C=O) groups excluding carboxylic acids is 1. The quantitative estimate of drug-likeness (QED) is 0.816. The smallest absolute Gasteiger partial charge is 0.224 e. The summed E-state index contributed by atoms with van der Waals surface area (Å²) in [5.74, 6) is 0.884. The second-order valence-electron chi connectivity index (χ2n) is 3.47. The molecule has 1 amide bonds. The zero-order valence-corrected chi connectivity index (χ0v) is 11.7. The van der Waals surface area contributed by atoms with Crippen molar-refractivity contribution >= 4 is 27.7 Å². The minimum atomic E-state index is 0.163. The standard InChI is InChI=1S/C11H17BrN4O/c1-3-16(4-2)11(17)5-6-13-10-7-9(12)14-8-15-10/h7-8H,3-6H2,1-2H3,(H,13,14,15). The summed E-state index contributed by atoms with van der Waals surface area (Å²) in [5.41, 5.74) is 0. The summed E-state index contributed by atoms with van der Waals surface area (Å²) in [6, 6.07) is 1.78. The van der Waals surface area contributed by atoms with Gasteiger partial charge in [-0.3, -0.25) is 4.79 Å². The minimum Gasteiger partial charge on any atom is -0.369 e. The van der Waals surface area contributed by atoms with Crippen LogP contribution in [0.15, 0.2) is 17.0 Å². The second kappa shape index (κ2) is 7.21. The van der Waals surface area contributed by atoms with E-state index in [2.05, 4.69) is 31.2 Å². The highest BCUT2D eigenvalue weighted by molar-refractivity contribution is 9.10. The molecule has 0 fully saturated rings. The molecule has 0 bridgehead atoms. The predicted octanol–water partition coefficient (Wildman–Crippen LogP) is 1.91. The number of aromatic nitrogens is 2. The highest BCUT2D eigenvalue weighted by Gasteiger charge is 2.08. The van der Waals surface area contributed by atoms with Gasteiger partial charge in [0, 0.05) is 32.1 Å². The summed E-state index contributed by atoms with van der Waals surface area (Å²) in [6.45, 7) is 6.06. The van der Waals surface area contributed by atoms with Crippen LogP contribution >= 0.6 is 15.9 Å². The third kappa shape index (κ3) is 4.68. The summed E-state index contributed by atoms with van der Waals surface area (Å²) in [7, 11) is 0. The van der Waals surface area contributed by atoms with Gasteiger partial charge in [-0.2, -0.15) is 0 Å². The van der Waals surface area contributed by atoms with Crippen molar-refractivity contribution in [1.29, 1.82) is 0 Å². The topological polar surface area (TPSA) is 58.1 Å². The fourth-order valence-corrected chi connectivity index (χ4v) is 1.77. The maximum atomic E-state index is 11.7. The average Bonchev–Trinajstić information content (AvgIpc) is 2.30. The normalized spacial score (nSPS) is 10.1. The van der Waals surface area contributed by atoms with E-state index in [-0.39, 0.29) is 5.91 Å². The van der Waals surface area contributed by atoms with Crippen LogP contribution in [0.1, 0.15) is 20.3 Å². The van der Waals surface area contributed by atoms with Gasteiger partial charge in [0.25, 0.3) is 0 Å². The van der Waals surface area contributed by atoms with Crippen LogP contribution in [-0.2, 0) is 4.79 Å². The zero-order valence-electron chi connectivity index (χ0n) is 10.1. The Morgan fingerprint density at radius 2 is 2.12 bits per heavy atom. The van der Waals surface area contributed by atoms with Crippen molar-refractivity contribution in [3.63, 3.8) is 0 Å². The highest BCUT2D eigenvalue weighted by Crippen LogP contribution is 2.09. The molecule has 1 aromatic heterocycles. The summed E-state index contributed by atoms with van der Waals surface area (Å²) in [5, 5.41) is 3.09. The molecular weight excluding hydrogens is 284 g/mol. The van der Waals surface area contributed by atoms with Gasteiger partial charge in [0.05, 0.1) is 0 Å². The Morgan fingerprint density at radius 1 is 1.41 bits per heavy atom. The fraction of sp³-hybridized carbons (Fsp3) is 0.545. The predicted molar refractivity (Wildman–Crippen MR) is 70.8 cm³/mol. The van der Waals surface area contributed by atoms with Crippen molar-refractivity contribution < 1.29 is 4.79 Å². The maximum Gasteiger partial charge on any atom is 0.224 e. The van der Waals surface area contributed by atoms with E-state index in [1.165, 1.54) is 6.33 Å². The van der Waals surface area contributed by atoms with Crippen molar-refractivity contribution in [2.75, 3.05) is 25.0 Å². The van der Waals surface area contributed by atoms with Gasteiger partial charge in [-0.05, 0) is 29.8 Å². The minimum absolute atomic E-state index is 0.163. The van der Waals surface area contributed by atoms with Gasteiger partial charge in [-0.15, -0.1) is 0 Å². The van der Waals surface area contributed by atoms with E-state index < -0.39 is 0 Å². The molecule has 6 heteroatoms. The van der Waals surface area contributed by atoms with E-state index in [1.807, 2.05) is 18.7 Å². The molecule has 1 N–H and O–H groups in total. The SMILES string of the molecule is CCN(CC)C(=O)CCNc1cc(Br)ncn1. The highest BCUT2D eigenvalue weighted by atomic mass is 79.9. The first-order chi connectivity index (χ1) is 8.17. The van der Waals surface area contributed by atoms with Crippen molar-refractivity contribution in [1.82, 2.24) is 14.9 Å². The molecule has 0 radical (unpaired) electrons. The van der Waals surface area contributed by atoms with Gasteiger partial charge in [-0.1, -0.05) is 0 Å². The molecule has 0 unspecified atom stereocenters. The van der Waals surface area contributed by atoms with E-state index in [4.69, 9.17) is 0 Å². The summed E-state index contributed by atoms with van der Waals surface area (Å²) in [4.78, 5) is 21.5. The number of nitrogens with zero attached hydrogens (tertiary/aromatic N) is 3. The molecule has 1 rings (SSSR count). The molecule has 0 saturated heterocycles. The average molecular weight is 301 g/mol. The van der Waals surface area contributed by atoms with E-state index in [0.29, 0.717) is 13.0 Å². The number of carbonyl (C=O) groups is 1. The molecular formula is C11H17BrN4O. The molecule has 0 aliphatic heterocycles. The third-order valence-corrected chi connectivity index (χ3v) is 2.83. The van der Waals surface area contributed by atoms with Crippen molar-refractivity contribution in [3.8, 4) is 0 Å². The molecule has 1 aromatic rings. The lowest BCUT2D eigenvalue weighted by Crippen LogP contribution is -2.31. The third-order valence-electron chi connectivity index (χ3n) is 2.39. The number of hydrogen-bond acceptors (Lipinski definition) is 4. The second-order valence-corrected chi connectivity index (χ2v) is 4.28. The van der Waals surface area contributed by atoms with E-state index in [1.54, 1.807) is 6.07 Å². The van der Waals surface area contributed by atoms with Crippen LogP contribution < -0.4 is 5.32 Å². The number of nitrogens with one attached hydrogen (secondary N) is 1. The number of hydrogen-bond donors (Lipinski definition) is 1. The van der Waals surface area contributed by atoms with Gasteiger partial charge < -0.3 is 10.2 Å². The molecule has 0 aliphatic carbocycles. The van der Waals surface area contributed by atoms with E-state index in [9.17, 15) is 4.79 Å². The van der Waals surface area contributed by atoms with E-state index >= 15 is 0 Å². The maximum absolute atomic E-state index is 11.7. The fourth-order valence-electron chi connectivity index (χ4n) is 1.46. The lowest BCUT2D eigenvalue weighted by atomic mass is 10.3. The largest absolute Gasteiger partial charge is 0.369 e.